The number of hydrazone groups is 1. The van der Waals surface area contributed by atoms with Gasteiger partial charge >= 0.3 is 0 Å². The maximum atomic E-state index is 11.0. The van der Waals surface area contributed by atoms with Gasteiger partial charge in [0.05, 0.1) is 10.6 Å². The highest BCUT2D eigenvalue weighted by atomic mass is 16.6. The van der Waals surface area contributed by atoms with Crippen molar-refractivity contribution in [3.63, 3.8) is 0 Å². The molecule has 1 saturated heterocycles. The van der Waals surface area contributed by atoms with Gasteiger partial charge in [0, 0.05) is 50.4 Å². The van der Waals surface area contributed by atoms with E-state index in [0.717, 1.165) is 44.0 Å². The van der Waals surface area contributed by atoms with Gasteiger partial charge in [-0.2, -0.15) is 5.10 Å². The molecule has 148 valence electrons. The van der Waals surface area contributed by atoms with Gasteiger partial charge in [0.15, 0.2) is 0 Å². The third-order valence-electron chi connectivity index (χ3n) is 5.39. The van der Waals surface area contributed by atoms with Crippen LogP contribution >= 0.6 is 0 Å². The summed E-state index contributed by atoms with van der Waals surface area (Å²) in [6.07, 6.45) is 0. The number of benzene rings is 3. The van der Waals surface area contributed by atoms with Crippen LogP contribution in [0.3, 0.4) is 0 Å². The smallest absolute Gasteiger partial charge is 0.270 e. The summed E-state index contributed by atoms with van der Waals surface area (Å²) in [4.78, 5) is 13.1. The molecule has 1 heterocycles. The number of hydrogen-bond donors (Lipinski definition) is 0. The molecule has 6 heteroatoms. The number of rotatable bonds is 5. The molecule has 0 unspecified atom stereocenters. The molecule has 3 aromatic carbocycles. The first kappa shape index (κ1) is 19.1. The Bertz CT molecular complexity index is 1050. The Balaban J connectivity index is 1.40. The van der Waals surface area contributed by atoms with Crippen LogP contribution in [0.4, 0.5) is 5.69 Å². The van der Waals surface area contributed by atoms with E-state index in [2.05, 4.69) is 52.4 Å². The van der Waals surface area contributed by atoms with E-state index < -0.39 is 0 Å². The number of hydrogen-bond acceptors (Lipinski definition) is 5. The van der Waals surface area contributed by atoms with E-state index in [4.69, 9.17) is 5.10 Å². The summed E-state index contributed by atoms with van der Waals surface area (Å²) in [5, 5.41) is 20.3. The normalized spacial score (nSPS) is 15.6. The Morgan fingerprint density at radius 2 is 1.72 bits per heavy atom. The van der Waals surface area contributed by atoms with Crippen LogP contribution in [0.2, 0.25) is 0 Å². The zero-order valence-electron chi connectivity index (χ0n) is 16.5. The molecule has 1 aliphatic rings. The summed E-state index contributed by atoms with van der Waals surface area (Å²) >= 11 is 0. The van der Waals surface area contributed by atoms with Crippen LogP contribution in [0.5, 0.6) is 0 Å². The summed E-state index contributed by atoms with van der Waals surface area (Å²) in [5.41, 5.74) is 3.04. The van der Waals surface area contributed by atoms with Crippen molar-refractivity contribution in [2.75, 3.05) is 26.2 Å². The molecule has 0 atom stereocenters. The SMILES string of the molecule is C/C(=N\N1CCN(Cc2cccc3ccccc23)CC1)c1cccc([N+](=O)[O-])c1. The largest absolute Gasteiger partial charge is 0.295 e. The summed E-state index contributed by atoms with van der Waals surface area (Å²) in [7, 11) is 0. The molecule has 0 spiro atoms. The number of piperazine rings is 1. The van der Waals surface area contributed by atoms with Gasteiger partial charge in [-0.25, -0.2) is 0 Å². The van der Waals surface area contributed by atoms with Crippen molar-refractivity contribution in [3.05, 3.63) is 88.0 Å². The highest BCUT2D eigenvalue weighted by Gasteiger charge is 2.17. The molecule has 0 bridgehead atoms. The van der Waals surface area contributed by atoms with Gasteiger partial charge in [-0.3, -0.25) is 20.0 Å². The van der Waals surface area contributed by atoms with E-state index in [0.29, 0.717) is 0 Å². The Kier molecular flexibility index (Phi) is 5.53. The van der Waals surface area contributed by atoms with Crippen LogP contribution in [0.15, 0.2) is 71.8 Å². The van der Waals surface area contributed by atoms with E-state index >= 15 is 0 Å². The molecule has 0 radical (unpaired) electrons. The first-order chi connectivity index (χ1) is 14.1. The molecule has 0 saturated carbocycles. The minimum atomic E-state index is -0.372. The third-order valence-corrected chi connectivity index (χ3v) is 5.39. The van der Waals surface area contributed by atoms with Gasteiger partial charge in [0.25, 0.3) is 5.69 Å². The minimum absolute atomic E-state index is 0.0944. The van der Waals surface area contributed by atoms with Gasteiger partial charge in [-0.15, -0.1) is 0 Å². The Morgan fingerprint density at radius 1 is 1.00 bits per heavy atom. The van der Waals surface area contributed by atoms with E-state index in [1.54, 1.807) is 12.1 Å². The fourth-order valence-electron chi connectivity index (χ4n) is 3.78. The van der Waals surface area contributed by atoms with E-state index in [-0.39, 0.29) is 10.6 Å². The molecule has 0 N–H and O–H groups in total. The van der Waals surface area contributed by atoms with Gasteiger partial charge < -0.3 is 0 Å². The van der Waals surface area contributed by atoms with Crippen molar-refractivity contribution in [3.8, 4) is 0 Å². The van der Waals surface area contributed by atoms with E-state index in [9.17, 15) is 10.1 Å². The van der Waals surface area contributed by atoms with Crippen LogP contribution in [-0.2, 0) is 6.54 Å². The third kappa shape index (κ3) is 4.43. The molecule has 4 rings (SSSR count). The number of nitrogens with zero attached hydrogens (tertiary/aromatic N) is 4. The van der Waals surface area contributed by atoms with Gasteiger partial charge in [0.2, 0.25) is 0 Å². The second-order valence-corrected chi connectivity index (χ2v) is 7.36. The van der Waals surface area contributed by atoms with Crippen molar-refractivity contribution < 1.29 is 4.92 Å². The summed E-state index contributed by atoms with van der Waals surface area (Å²) in [5.74, 6) is 0. The summed E-state index contributed by atoms with van der Waals surface area (Å²) in [6, 6.07) is 21.6. The maximum absolute atomic E-state index is 11.0. The Morgan fingerprint density at radius 3 is 2.52 bits per heavy atom. The lowest BCUT2D eigenvalue weighted by Crippen LogP contribution is -2.43. The fraction of sp³-hybridized carbons (Fsp3) is 0.261. The molecular formula is C23H24N4O2. The maximum Gasteiger partial charge on any atom is 0.270 e. The van der Waals surface area contributed by atoms with Crippen LogP contribution < -0.4 is 0 Å². The van der Waals surface area contributed by atoms with Crippen molar-refractivity contribution in [2.45, 2.75) is 13.5 Å². The number of fused-ring (bicyclic) bond motifs is 1. The van der Waals surface area contributed by atoms with Crippen molar-refractivity contribution >= 4 is 22.2 Å². The monoisotopic (exact) mass is 388 g/mol. The zero-order chi connectivity index (χ0) is 20.2. The van der Waals surface area contributed by atoms with E-state index in [1.165, 1.54) is 22.4 Å². The Labute approximate surface area is 170 Å². The summed E-state index contributed by atoms with van der Waals surface area (Å²) < 4.78 is 0. The topological polar surface area (TPSA) is 62.0 Å². The van der Waals surface area contributed by atoms with Gasteiger partial charge in [-0.05, 0) is 23.3 Å². The molecule has 6 nitrogen and oxygen atoms in total. The minimum Gasteiger partial charge on any atom is -0.295 e. The van der Waals surface area contributed by atoms with Crippen molar-refractivity contribution in [2.24, 2.45) is 5.10 Å². The first-order valence-corrected chi connectivity index (χ1v) is 9.84. The summed E-state index contributed by atoms with van der Waals surface area (Å²) in [6.45, 7) is 6.41. The highest BCUT2D eigenvalue weighted by molar-refractivity contribution is 5.99. The van der Waals surface area contributed by atoms with Crippen LogP contribution in [-0.4, -0.2) is 46.7 Å². The van der Waals surface area contributed by atoms with E-state index in [1.807, 2.05) is 13.0 Å². The zero-order valence-corrected chi connectivity index (χ0v) is 16.5. The lowest BCUT2D eigenvalue weighted by molar-refractivity contribution is -0.384. The average Bonchev–Trinajstić information content (AvgIpc) is 2.75. The lowest BCUT2D eigenvalue weighted by atomic mass is 10.0. The highest BCUT2D eigenvalue weighted by Crippen LogP contribution is 2.21. The molecule has 0 amide bonds. The Hall–Kier alpha value is -3.25. The standard InChI is InChI=1S/C23H24N4O2/c1-18(20-8-5-10-22(16-20)27(28)29)24-26-14-12-25(13-15-26)17-21-9-4-7-19-6-2-3-11-23(19)21/h2-11,16H,12-15,17H2,1H3/b24-18+. The second kappa shape index (κ2) is 8.41. The first-order valence-electron chi connectivity index (χ1n) is 9.84. The number of non-ortho nitro benzene ring substituents is 1. The van der Waals surface area contributed by atoms with Crippen LogP contribution in [0.25, 0.3) is 10.8 Å². The number of nitro groups is 1. The molecule has 1 aliphatic heterocycles. The van der Waals surface area contributed by atoms with Gasteiger partial charge in [0.1, 0.15) is 0 Å². The van der Waals surface area contributed by atoms with Crippen molar-refractivity contribution in [1.82, 2.24) is 9.91 Å². The molecule has 3 aromatic rings. The number of nitro benzene ring substituents is 1. The molecule has 0 aliphatic carbocycles. The van der Waals surface area contributed by atoms with Gasteiger partial charge in [-0.1, -0.05) is 54.6 Å². The molecular weight excluding hydrogens is 364 g/mol. The predicted octanol–water partition coefficient (Wildman–Crippen LogP) is 4.29. The van der Waals surface area contributed by atoms with Crippen LogP contribution in [0.1, 0.15) is 18.1 Å². The molecule has 29 heavy (non-hydrogen) atoms. The van der Waals surface area contributed by atoms with Crippen LogP contribution in [0, 0.1) is 10.1 Å². The predicted molar refractivity (Wildman–Crippen MR) is 116 cm³/mol. The second-order valence-electron chi connectivity index (χ2n) is 7.36. The fourth-order valence-corrected chi connectivity index (χ4v) is 3.78. The van der Waals surface area contributed by atoms with Crippen molar-refractivity contribution in [1.29, 1.82) is 0 Å². The molecule has 0 aromatic heterocycles. The lowest BCUT2D eigenvalue weighted by Gasteiger charge is -2.33. The molecule has 1 fully saturated rings. The average molecular weight is 388 g/mol. The quantitative estimate of drug-likeness (QED) is 0.372.